The first-order valence-electron chi connectivity index (χ1n) is 4.45. The Morgan fingerprint density at radius 3 is 2.47 bits per heavy atom. The van der Waals surface area contributed by atoms with Crippen LogP contribution in [0.4, 0.5) is 8.78 Å². The molecule has 0 aliphatic heterocycles. The van der Waals surface area contributed by atoms with Gasteiger partial charge in [-0.2, -0.15) is 0 Å². The third kappa shape index (κ3) is 2.65. The van der Waals surface area contributed by atoms with Gasteiger partial charge in [0, 0.05) is 16.6 Å². The van der Waals surface area contributed by atoms with Crippen molar-refractivity contribution in [3.63, 3.8) is 0 Å². The molecule has 0 bridgehead atoms. The summed E-state index contributed by atoms with van der Waals surface area (Å²) in [6, 6.07) is 3.65. The summed E-state index contributed by atoms with van der Waals surface area (Å²) in [6.45, 7) is 1.54. The van der Waals surface area contributed by atoms with E-state index in [1.54, 1.807) is 6.92 Å². The van der Waals surface area contributed by atoms with Crippen molar-refractivity contribution in [2.75, 3.05) is 0 Å². The van der Waals surface area contributed by atoms with Gasteiger partial charge in [0.2, 0.25) is 0 Å². The Kier molecular flexibility index (Phi) is 4.02. The van der Waals surface area contributed by atoms with Crippen LogP contribution in [0, 0.1) is 0 Å². The number of aliphatic hydroxyl groups excluding tert-OH is 1. The number of hydrogen-bond donors (Lipinski definition) is 2. The van der Waals surface area contributed by atoms with Crippen LogP contribution in [0.25, 0.3) is 0 Å². The quantitative estimate of drug-likeness (QED) is 0.846. The molecule has 1 rings (SSSR count). The molecule has 1 aromatic carbocycles. The van der Waals surface area contributed by atoms with E-state index in [-0.39, 0.29) is 16.1 Å². The molecule has 0 amide bonds. The second kappa shape index (κ2) is 4.88. The minimum absolute atomic E-state index is 0.0535. The second-order valence-corrected chi connectivity index (χ2v) is 3.75. The van der Waals surface area contributed by atoms with Gasteiger partial charge in [0.05, 0.1) is 6.10 Å². The van der Waals surface area contributed by atoms with Gasteiger partial charge in [-0.05, 0) is 18.6 Å². The SMILES string of the molecule is CC(N)C(O)c1cccc(Cl)c1C(F)F. The molecular weight excluding hydrogens is 224 g/mol. The first kappa shape index (κ1) is 12.4. The fourth-order valence-electron chi connectivity index (χ4n) is 1.33. The summed E-state index contributed by atoms with van der Waals surface area (Å²) in [5, 5.41) is 9.58. The maximum atomic E-state index is 12.7. The number of aliphatic hydroxyl groups is 1. The lowest BCUT2D eigenvalue weighted by Gasteiger charge is -2.19. The average molecular weight is 236 g/mol. The van der Waals surface area contributed by atoms with E-state index in [0.717, 1.165) is 0 Å². The van der Waals surface area contributed by atoms with Gasteiger partial charge in [-0.3, -0.25) is 0 Å². The highest BCUT2D eigenvalue weighted by molar-refractivity contribution is 6.31. The van der Waals surface area contributed by atoms with Crippen molar-refractivity contribution >= 4 is 11.6 Å². The Labute approximate surface area is 91.7 Å². The van der Waals surface area contributed by atoms with Gasteiger partial charge in [-0.25, -0.2) is 8.78 Å². The van der Waals surface area contributed by atoms with Crippen molar-refractivity contribution in [3.05, 3.63) is 34.3 Å². The van der Waals surface area contributed by atoms with Gasteiger partial charge >= 0.3 is 0 Å². The lowest BCUT2D eigenvalue weighted by atomic mass is 9.98. The highest BCUT2D eigenvalue weighted by Crippen LogP contribution is 2.34. The van der Waals surface area contributed by atoms with Gasteiger partial charge in [-0.1, -0.05) is 23.7 Å². The number of alkyl halides is 2. The van der Waals surface area contributed by atoms with E-state index >= 15 is 0 Å². The van der Waals surface area contributed by atoms with Gasteiger partial charge < -0.3 is 10.8 Å². The zero-order valence-electron chi connectivity index (χ0n) is 8.12. The minimum Gasteiger partial charge on any atom is -0.387 e. The predicted octanol–water partition coefficient (Wildman–Crippen LogP) is 2.66. The van der Waals surface area contributed by atoms with E-state index in [1.807, 2.05) is 0 Å². The summed E-state index contributed by atoms with van der Waals surface area (Å²) in [7, 11) is 0. The van der Waals surface area contributed by atoms with Crippen LogP contribution < -0.4 is 5.73 Å². The molecule has 2 atom stereocenters. The summed E-state index contributed by atoms with van der Waals surface area (Å²) in [5.74, 6) is 0. The van der Waals surface area contributed by atoms with Crippen LogP contribution in [0.2, 0.25) is 5.02 Å². The summed E-state index contributed by atoms with van der Waals surface area (Å²) in [5.41, 5.74) is 5.20. The molecule has 2 unspecified atom stereocenters. The van der Waals surface area contributed by atoms with E-state index in [9.17, 15) is 13.9 Å². The molecule has 0 aliphatic carbocycles. The normalized spacial score (nSPS) is 15.4. The molecule has 0 saturated carbocycles. The fraction of sp³-hybridized carbons (Fsp3) is 0.400. The number of hydrogen-bond acceptors (Lipinski definition) is 2. The maximum Gasteiger partial charge on any atom is 0.265 e. The topological polar surface area (TPSA) is 46.2 Å². The van der Waals surface area contributed by atoms with E-state index in [0.29, 0.717) is 0 Å². The largest absolute Gasteiger partial charge is 0.387 e. The Bertz CT molecular complexity index is 344. The third-order valence-corrected chi connectivity index (χ3v) is 2.45. The highest BCUT2D eigenvalue weighted by atomic mass is 35.5. The zero-order chi connectivity index (χ0) is 11.6. The molecule has 0 fully saturated rings. The summed E-state index contributed by atoms with van der Waals surface area (Å²) in [4.78, 5) is 0. The number of nitrogens with two attached hydrogens (primary N) is 1. The molecule has 0 aromatic heterocycles. The molecule has 0 radical (unpaired) electrons. The molecule has 5 heteroatoms. The second-order valence-electron chi connectivity index (χ2n) is 3.35. The van der Waals surface area contributed by atoms with Crippen molar-refractivity contribution < 1.29 is 13.9 Å². The average Bonchev–Trinajstić information content (AvgIpc) is 2.15. The van der Waals surface area contributed by atoms with Crippen LogP contribution in [-0.4, -0.2) is 11.1 Å². The summed E-state index contributed by atoms with van der Waals surface area (Å²) < 4.78 is 25.4. The smallest absolute Gasteiger partial charge is 0.265 e. The first-order valence-corrected chi connectivity index (χ1v) is 4.83. The fourth-order valence-corrected chi connectivity index (χ4v) is 1.59. The monoisotopic (exact) mass is 235 g/mol. The van der Waals surface area contributed by atoms with Gasteiger partial charge in [-0.15, -0.1) is 0 Å². The molecule has 2 nitrogen and oxygen atoms in total. The number of rotatable bonds is 3. The molecule has 0 saturated heterocycles. The molecule has 0 aliphatic rings. The lowest BCUT2D eigenvalue weighted by molar-refractivity contribution is 0.127. The van der Waals surface area contributed by atoms with Crippen LogP contribution in [0.3, 0.4) is 0 Å². The van der Waals surface area contributed by atoms with E-state index in [4.69, 9.17) is 17.3 Å². The van der Waals surface area contributed by atoms with Crippen molar-refractivity contribution in [1.82, 2.24) is 0 Å². The minimum atomic E-state index is -2.72. The lowest BCUT2D eigenvalue weighted by Crippen LogP contribution is -2.25. The van der Waals surface area contributed by atoms with Crippen LogP contribution in [0.5, 0.6) is 0 Å². The standard InChI is InChI=1S/C10H12ClF2NO/c1-5(14)9(15)6-3-2-4-7(11)8(6)10(12)13/h2-5,9-10,15H,14H2,1H3. The van der Waals surface area contributed by atoms with Gasteiger partial charge in [0.15, 0.2) is 0 Å². The predicted molar refractivity (Wildman–Crippen MR) is 55.0 cm³/mol. The van der Waals surface area contributed by atoms with Crippen molar-refractivity contribution in [2.45, 2.75) is 25.5 Å². The Morgan fingerprint density at radius 1 is 1.40 bits per heavy atom. The highest BCUT2D eigenvalue weighted by Gasteiger charge is 2.23. The Morgan fingerprint density at radius 2 is 2.00 bits per heavy atom. The molecule has 15 heavy (non-hydrogen) atoms. The Balaban J connectivity index is 3.22. The van der Waals surface area contributed by atoms with Crippen LogP contribution in [0.1, 0.15) is 30.6 Å². The molecule has 0 spiro atoms. The van der Waals surface area contributed by atoms with E-state index in [2.05, 4.69) is 0 Å². The van der Waals surface area contributed by atoms with Crippen LogP contribution in [0.15, 0.2) is 18.2 Å². The molecular formula is C10H12ClF2NO. The molecule has 0 heterocycles. The molecule has 84 valence electrons. The first-order chi connectivity index (χ1) is 6.95. The van der Waals surface area contributed by atoms with Crippen molar-refractivity contribution in [2.24, 2.45) is 5.73 Å². The summed E-state index contributed by atoms with van der Waals surface area (Å²) in [6.07, 6.45) is -3.85. The van der Waals surface area contributed by atoms with Gasteiger partial charge in [0.1, 0.15) is 0 Å². The van der Waals surface area contributed by atoms with E-state index in [1.165, 1.54) is 18.2 Å². The van der Waals surface area contributed by atoms with Crippen LogP contribution >= 0.6 is 11.6 Å². The van der Waals surface area contributed by atoms with Crippen LogP contribution in [-0.2, 0) is 0 Å². The third-order valence-electron chi connectivity index (χ3n) is 2.12. The van der Waals surface area contributed by atoms with Crippen molar-refractivity contribution in [3.8, 4) is 0 Å². The van der Waals surface area contributed by atoms with E-state index < -0.39 is 18.6 Å². The zero-order valence-corrected chi connectivity index (χ0v) is 8.88. The van der Waals surface area contributed by atoms with Crippen molar-refractivity contribution in [1.29, 1.82) is 0 Å². The van der Waals surface area contributed by atoms with Gasteiger partial charge in [0.25, 0.3) is 6.43 Å². The molecule has 3 N–H and O–H groups in total. The Hall–Kier alpha value is -0.710. The summed E-state index contributed by atoms with van der Waals surface area (Å²) >= 11 is 5.64. The molecule has 1 aromatic rings. The number of benzene rings is 1. The number of halogens is 3. The maximum absolute atomic E-state index is 12.7.